The first-order chi connectivity index (χ1) is 13.1. The number of hydrogen-bond acceptors (Lipinski definition) is 3. The van der Waals surface area contributed by atoms with Gasteiger partial charge in [0.15, 0.2) is 0 Å². The van der Waals surface area contributed by atoms with Crippen LogP contribution in [0.15, 0.2) is 74.8 Å². The van der Waals surface area contributed by atoms with Gasteiger partial charge in [-0.1, -0.05) is 57.8 Å². The van der Waals surface area contributed by atoms with E-state index in [1.807, 2.05) is 50.2 Å². The van der Waals surface area contributed by atoms with Gasteiger partial charge in [-0.05, 0) is 29.7 Å². The van der Waals surface area contributed by atoms with Crippen molar-refractivity contribution in [3.63, 3.8) is 0 Å². The zero-order chi connectivity index (χ0) is 19.8. The Labute approximate surface area is 174 Å². The van der Waals surface area contributed by atoms with Gasteiger partial charge in [-0.15, -0.1) is 0 Å². The highest BCUT2D eigenvalue weighted by Gasteiger charge is 2.03. The summed E-state index contributed by atoms with van der Waals surface area (Å²) in [6, 6.07) is 13.2. The van der Waals surface area contributed by atoms with Gasteiger partial charge in [-0.25, -0.2) is 0 Å². The first kappa shape index (κ1) is 21.1. The number of aromatic amines is 1. The standard InChI is InChI=1S/C10H8BrNO.C9H6BrNO.C2H6/c1-13-10-3-2-9(11)7-4-5-12-6-8(7)10;10-8-3-1-2-6-5-11-9(12)4-7(6)8;1-2/h2-6H,1H3;1-5H,(H,11,12);1-2H3. The third-order valence-electron chi connectivity index (χ3n) is 3.68. The number of aromatic nitrogens is 2. The van der Waals surface area contributed by atoms with Crippen molar-refractivity contribution in [3.05, 3.63) is 80.4 Å². The van der Waals surface area contributed by atoms with Crippen molar-refractivity contribution in [3.8, 4) is 5.75 Å². The van der Waals surface area contributed by atoms with Crippen LogP contribution in [0.3, 0.4) is 0 Å². The monoisotopic (exact) mass is 490 g/mol. The van der Waals surface area contributed by atoms with Gasteiger partial charge in [0.2, 0.25) is 5.56 Å². The number of methoxy groups -OCH3 is 1. The van der Waals surface area contributed by atoms with E-state index in [0.717, 1.165) is 36.2 Å². The van der Waals surface area contributed by atoms with Crippen LogP contribution >= 0.6 is 31.9 Å². The fourth-order valence-corrected chi connectivity index (χ4v) is 3.43. The van der Waals surface area contributed by atoms with Gasteiger partial charge in [0.25, 0.3) is 0 Å². The Bertz CT molecular complexity index is 1090. The Morgan fingerprint density at radius 1 is 0.963 bits per heavy atom. The van der Waals surface area contributed by atoms with Crippen LogP contribution in [0.25, 0.3) is 21.5 Å². The molecule has 0 spiro atoms. The Morgan fingerprint density at radius 3 is 2.44 bits per heavy atom. The van der Waals surface area contributed by atoms with Crippen LogP contribution in [0.1, 0.15) is 13.8 Å². The number of pyridine rings is 2. The molecule has 140 valence electrons. The first-order valence-electron chi connectivity index (χ1n) is 8.43. The molecule has 0 radical (unpaired) electrons. The molecule has 6 heteroatoms. The van der Waals surface area contributed by atoms with Crippen molar-refractivity contribution in [1.82, 2.24) is 9.97 Å². The van der Waals surface area contributed by atoms with Gasteiger partial charge in [0, 0.05) is 49.8 Å². The molecule has 2 aromatic heterocycles. The molecule has 4 nitrogen and oxygen atoms in total. The maximum Gasteiger partial charge on any atom is 0.248 e. The lowest BCUT2D eigenvalue weighted by Crippen LogP contribution is -2.01. The molecule has 0 saturated heterocycles. The van der Waals surface area contributed by atoms with Crippen molar-refractivity contribution in [1.29, 1.82) is 0 Å². The van der Waals surface area contributed by atoms with E-state index >= 15 is 0 Å². The van der Waals surface area contributed by atoms with Gasteiger partial charge < -0.3 is 9.72 Å². The maximum absolute atomic E-state index is 11.0. The molecule has 0 fully saturated rings. The SMILES string of the molecule is CC.COc1ccc(Br)c2ccncc12.O=c1cc2c(Br)cccc2c[nH]1. The molecule has 4 aromatic rings. The highest BCUT2D eigenvalue weighted by atomic mass is 79.9. The fourth-order valence-electron chi connectivity index (χ4n) is 2.46. The number of H-pyrrole nitrogens is 1. The number of halogens is 2. The van der Waals surface area contributed by atoms with E-state index in [9.17, 15) is 4.79 Å². The summed E-state index contributed by atoms with van der Waals surface area (Å²) in [7, 11) is 1.66. The lowest BCUT2D eigenvalue weighted by molar-refractivity contribution is 0.419. The molecule has 1 N–H and O–H groups in total. The summed E-state index contributed by atoms with van der Waals surface area (Å²) in [6.45, 7) is 4.00. The quantitative estimate of drug-likeness (QED) is 0.338. The zero-order valence-electron chi connectivity index (χ0n) is 15.3. The molecule has 0 amide bonds. The van der Waals surface area contributed by atoms with Gasteiger partial charge in [0.1, 0.15) is 5.75 Å². The highest BCUT2D eigenvalue weighted by molar-refractivity contribution is 9.11. The lowest BCUT2D eigenvalue weighted by Gasteiger charge is -2.05. The summed E-state index contributed by atoms with van der Waals surface area (Å²) in [6.07, 6.45) is 5.29. The Hall–Kier alpha value is -2.18. The van der Waals surface area contributed by atoms with E-state index in [4.69, 9.17) is 4.74 Å². The summed E-state index contributed by atoms with van der Waals surface area (Å²) < 4.78 is 7.23. The zero-order valence-corrected chi connectivity index (χ0v) is 18.5. The third-order valence-corrected chi connectivity index (χ3v) is 5.06. The second kappa shape index (κ2) is 10.2. The summed E-state index contributed by atoms with van der Waals surface area (Å²) in [4.78, 5) is 17.6. The largest absolute Gasteiger partial charge is 0.496 e. The van der Waals surface area contributed by atoms with Gasteiger partial charge in [-0.2, -0.15) is 0 Å². The molecule has 2 heterocycles. The smallest absolute Gasteiger partial charge is 0.248 e. The van der Waals surface area contributed by atoms with Crippen LogP contribution < -0.4 is 10.3 Å². The normalized spacial score (nSPS) is 9.81. The number of hydrogen-bond donors (Lipinski definition) is 1. The molecule has 0 unspecified atom stereocenters. The lowest BCUT2D eigenvalue weighted by atomic mass is 10.1. The van der Waals surface area contributed by atoms with Crippen LogP contribution in [0, 0.1) is 0 Å². The van der Waals surface area contributed by atoms with Gasteiger partial charge in [-0.3, -0.25) is 9.78 Å². The molecule has 0 aliphatic rings. The summed E-state index contributed by atoms with van der Waals surface area (Å²) in [5, 5.41) is 4.12. The molecule has 0 aliphatic heterocycles. The molecule has 0 atom stereocenters. The van der Waals surface area contributed by atoms with E-state index in [2.05, 4.69) is 41.8 Å². The number of benzene rings is 2. The molecular weight excluding hydrogens is 472 g/mol. The Balaban J connectivity index is 0.000000178. The second-order valence-corrected chi connectivity index (χ2v) is 6.92. The predicted octanol–water partition coefficient (Wildman–Crippen LogP) is 6.32. The van der Waals surface area contributed by atoms with E-state index in [-0.39, 0.29) is 5.56 Å². The molecule has 0 saturated carbocycles. The topological polar surface area (TPSA) is 55.0 Å². The third kappa shape index (κ3) is 5.17. The minimum absolute atomic E-state index is 0.0746. The van der Waals surface area contributed by atoms with Crippen LogP contribution in [0.2, 0.25) is 0 Å². The average Bonchev–Trinajstić information content (AvgIpc) is 2.71. The predicted molar refractivity (Wildman–Crippen MR) is 120 cm³/mol. The molecule has 0 bridgehead atoms. The summed E-state index contributed by atoms with van der Waals surface area (Å²) in [5.74, 6) is 0.853. The van der Waals surface area contributed by atoms with Crippen LogP contribution in [0.4, 0.5) is 0 Å². The van der Waals surface area contributed by atoms with Crippen LogP contribution in [-0.4, -0.2) is 17.1 Å². The number of nitrogens with one attached hydrogen (secondary N) is 1. The fraction of sp³-hybridized carbons (Fsp3) is 0.143. The van der Waals surface area contributed by atoms with Crippen molar-refractivity contribution in [2.75, 3.05) is 7.11 Å². The van der Waals surface area contributed by atoms with Crippen LogP contribution in [0.5, 0.6) is 5.75 Å². The Kier molecular flexibility index (Phi) is 8.00. The van der Waals surface area contributed by atoms with E-state index in [1.165, 1.54) is 0 Å². The van der Waals surface area contributed by atoms with E-state index in [0.29, 0.717) is 0 Å². The molecule has 27 heavy (non-hydrogen) atoms. The molecular formula is C21H20Br2N2O2. The second-order valence-electron chi connectivity index (χ2n) is 5.21. The highest BCUT2D eigenvalue weighted by Crippen LogP contribution is 2.30. The molecule has 4 rings (SSSR count). The van der Waals surface area contributed by atoms with Gasteiger partial charge >= 0.3 is 0 Å². The summed E-state index contributed by atoms with van der Waals surface area (Å²) >= 11 is 6.86. The minimum atomic E-state index is -0.0746. The first-order valence-corrected chi connectivity index (χ1v) is 10.0. The summed E-state index contributed by atoms with van der Waals surface area (Å²) in [5.41, 5.74) is -0.0746. The van der Waals surface area contributed by atoms with Crippen molar-refractivity contribution < 1.29 is 4.74 Å². The Morgan fingerprint density at radius 2 is 1.70 bits per heavy atom. The number of rotatable bonds is 1. The molecule has 0 aliphatic carbocycles. The minimum Gasteiger partial charge on any atom is -0.496 e. The maximum atomic E-state index is 11.0. The number of fused-ring (bicyclic) bond motifs is 2. The molecule has 2 aromatic carbocycles. The number of nitrogens with zero attached hydrogens (tertiary/aromatic N) is 1. The van der Waals surface area contributed by atoms with E-state index < -0.39 is 0 Å². The van der Waals surface area contributed by atoms with E-state index in [1.54, 1.807) is 31.8 Å². The van der Waals surface area contributed by atoms with Crippen LogP contribution in [-0.2, 0) is 0 Å². The number of ether oxygens (including phenoxy) is 1. The average molecular weight is 492 g/mol. The van der Waals surface area contributed by atoms with Crippen molar-refractivity contribution >= 4 is 53.4 Å². The van der Waals surface area contributed by atoms with Gasteiger partial charge in [0.05, 0.1) is 7.11 Å². The van der Waals surface area contributed by atoms with Crippen molar-refractivity contribution in [2.24, 2.45) is 0 Å². The van der Waals surface area contributed by atoms with Crippen molar-refractivity contribution in [2.45, 2.75) is 13.8 Å².